The number of unbranched alkanes of at least 4 members (excludes halogenated alkanes) is 1. The van der Waals surface area contributed by atoms with Crippen LogP contribution in [0.15, 0.2) is 0 Å². The normalized spacial score (nSPS) is 23.4. The molecule has 1 atom stereocenters. The van der Waals surface area contributed by atoms with Gasteiger partial charge < -0.3 is 15.5 Å². The molecule has 2 aliphatic rings. The second kappa shape index (κ2) is 9.60. The minimum absolute atomic E-state index is 0.0134. The maximum atomic E-state index is 13.2. The zero-order chi connectivity index (χ0) is 20.9. The molecule has 1 heterocycles. The molecule has 1 saturated heterocycles. The fourth-order valence-electron chi connectivity index (χ4n) is 5.31. The van der Waals surface area contributed by atoms with E-state index in [2.05, 4.69) is 50.2 Å². The van der Waals surface area contributed by atoms with Crippen LogP contribution in [0.1, 0.15) is 99.3 Å². The number of carbonyl (C=O) groups is 2. The number of carbonyl (C=O) groups excluding carboxylic acids is 2. The molecule has 0 radical (unpaired) electrons. The molecule has 2 amide bonds. The summed E-state index contributed by atoms with van der Waals surface area (Å²) in [4.78, 5) is 27.8. The number of nitrogens with one attached hydrogen (secondary N) is 2. The van der Waals surface area contributed by atoms with Crippen LogP contribution in [0.25, 0.3) is 0 Å². The van der Waals surface area contributed by atoms with Crippen LogP contribution in [0.3, 0.4) is 0 Å². The van der Waals surface area contributed by atoms with Crippen molar-refractivity contribution in [3.63, 3.8) is 0 Å². The van der Waals surface area contributed by atoms with Gasteiger partial charge in [-0.3, -0.25) is 9.59 Å². The molecule has 28 heavy (non-hydrogen) atoms. The van der Waals surface area contributed by atoms with E-state index < -0.39 is 0 Å². The lowest BCUT2D eigenvalue weighted by molar-refractivity contribution is -0.136. The van der Waals surface area contributed by atoms with Crippen molar-refractivity contribution in [1.82, 2.24) is 15.5 Å². The first-order chi connectivity index (χ1) is 13.0. The largest absolute Gasteiger partial charge is 0.353 e. The van der Waals surface area contributed by atoms with Crippen molar-refractivity contribution in [2.75, 3.05) is 6.54 Å². The molecule has 1 aliphatic heterocycles. The van der Waals surface area contributed by atoms with Gasteiger partial charge in [0.05, 0.1) is 0 Å². The van der Waals surface area contributed by atoms with E-state index in [1.54, 1.807) is 0 Å². The van der Waals surface area contributed by atoms with E-state index >= 15 is 0 Å². The number of nitrogens with zero attached hydrogens (tertiary/aromatic N) is 1. The lowest BCUT2D eigenvalue weighted by Crippen LogP contribution is -2.63. The maximum absolute atomic E-state index is 13.2. The molecule has 5 nitrogen and oxygen atoms in total. The Morgan fingerprint density at radius 1 is 1.11 bits per heavy atom. The van der Waals surface area contributed by atoms with Crippen molar-refractivity contribution < 1.29 is 9.59 Å². The SMILES string of the molecule is CCCCN(C(=O)CC(C)NC(=O)C1CCCC1)C1CC(C)(C)NC(C)(C)C1. The quantitative estimate of drug-likeness (QED) is 0.655. The molecule has 1 aliphatic carbocycles. The topological polar surface area (TPSA) is 61.4 Å². The zero-order valence-electron chi connectivity index (χ0n) is 19.1. The molecule has 0 bridgehead atoms. The standard InChI is InChI=1S/C23H43N3O2/c1-7-8-13-26(19-15-22(3,4)25-23(5,6)16-19)20(27)14-17(2)24-21(28)18-11-9-10-12-18/h17-19,25H,7-16H2,1-6H3,(H,24,28). The predicted molar refractivity (Wildman–Crippen MR) is 115 cm³/mol. The second-order valence-corrected chi connectivity index (χ2v) is 10.5. The van der Waals surface area contributed by atoms with E-state index in [0.717, 1.165) is 57.9 Å². The average Bonchev–Trinajstić information content (AvgIpc) is 3.06. The summed E-state index contributed by atoms with van der Waals surface area (Å²) in [5.41, 5.74) is 0.0267. The number of rotatable bonds is 8. The molecule has 0 spiro atoms. The third kappa shape index (κ3) is 6.75. The van der Waals surface area contributed by atoms with Crippen molar-refractivity contribution >= 4 is 11.8 Å². The number of amides is 2. The van der Waals surface area contributed by atoms with Crippen molar-refractivity contribution in [2.24, 2.45) is 5.92 Å². The van der Waals surface area contributed by atoms with Crippen LogP contribution in [0.2, 0.25) is 0 Å². The van der Waals surface area contributed by atoms with E-state index in [-0.39, 0.29) is 40.9 Å². The van der Waals surface area contributed by atoms with Gasteiger partial charge in [0.2, 0.25) is 11.8 Å². The van der Waals surface area contributed by atoms with Gasteiger partial charge in [0.15, 0.2) is 0 Å². The molecule has 1 saturated carbocycles. The first-order valence-corrected chi connectivity index (χ1v) is 11.4. The molecule has 0 aromatic heterocycles. The van der Waals surface area contributed by atoms with Gasteiger partial charge in [-0.25, -0.2) is 0 Å². The monoisotopic (exact) mass is 393 g/mol. The highest BCUT2D eigenvalue weighted by Gasteiger charge is 2.41. The minimum atomic E-state index is -0.104. The molecule has 5 heteroatoms. The third-order valence-corrected chi connectivity index (χ3v) is 6.28. The van der Waals surface area contributed by atoms with Gasteiger partial charge >= 0.3 is 0 Å². The molecular formula is C23H43N3O2. The summed E-state index contributed by atoms with van der Waals surface area (Å²) in [6.45, 7) is 13.9. The van der Waals surface area contributed by atoms with Crippen molar-refractivity contribution in [3.8, 4) is 0 Å². The van der Waals surface area contributed by atoms with Crippen molar-refractivity contribution in [2.45, 2.75) is 122 Å². The fourth-order valence-corrected chi connectivity index (χ4v) is 5.31. The highest BCUT2D eigenvalue weighted by molar-refractivity contribution is 5.81. The Labute approximate surface area is 172 Å². The molecule has 1 unspecified atom stereocenters. The highest BCUT2D eigenvalue weighted by Crippen LogP contribution is 2.32. The Morgan fingerprint density at radius 2 is 1.68 bits per heavy atom. The molecule has 2 N–H and O–H groups in total. The Kier molecular flexibility index (Phi) is 7.95. The van der Waals surface area contributed by atoms with Gasteiger partial charge in [-0.2, -0.15) is 0 Å². The maximum Gasteiger partial charge on any atom is 0.224 e. The summed E-state index contributed by atoms with van der Waals surface area (Å²) in [6, 6.07) is 0.149. The van der Waals surface area contributed by atoms with Crippen LogP contribution in [0.5, 0.6) is 0 Å². The van der Waals surface area contributed by atoms with E-state index in [1.165, 1.54) is 0 Å². The van der Waals surface area contributed by atoms with Crippen LogP contribution < -0.4 is 10.6 Å². The van der Waals surface area contributed by atoms with Gasteiger partial charge in [0.1, 0.15) is 0 Å². The summed E-state index contributed by atoms with van der Waals surface area (Å²) in [5.74, 6) is 0.480. The van der Waals surface area contributed by atoms with Crippen LogP contribution in [-0.4, -0.2) is 46.4 Å². The van der Waals surface area contributed by atoms with E-state index in [4.69, 9.17) is 0 Å². The highest BCUT2D eigenvalue weighted by atomic mass is 16.2. The van der Waals surface area contributed by atoms with Gasteiger partial charge in [0.25, 0.3) is 0 Å². The van der Waals surface area contributed by atoms with Gasteiger partial charge in [-0.1, -0.05) is 26.2 Å². The van der Waals surface area contributed by atoms with Crippen LogP contribution in [0, 0.1) is 5.92 Å². The van der Waals surface area contributed by atoms with E-state index in [0.29, 0.717) is 6.42 Å². The molecule has 162 valence electrons. The van der Waals surface area contributed by atoms with Gasteiger partial charge in [0, 0.05) is 42.0 Å². The second-order valence-electron chi connectivity index (χ2n) is 10.5. The Bertz CT molecular complexity index is 522. The van der Waals surface area contributed by atoms with Crippen LogP contribution in [-0.2, 0) is 9.59 Å². The zero-order valence-corrected chi connectivity index (χ0v) is 19.1. The number of piperidine rings is 1. The predicted octanol–water partition coefficient (Wildman–Crippen LogP) is 4.01. The lowest BCUT2D eigenvalue weighted by Gasteiger charge is -2.49. The van der Waals surface area contributed by atoms with E-state index in [1.807, 2.05) is 6.92 Å². The van der Waals surface area contributed by atoms with Crippen LogP contribution in [0.4, 0.5) is 0 Å². The van der Waals surface area contributed by atoms with Crippen molar-refractivity contribution in [1.29, 1.82) is 0 Å². The van der Waals surface area contributed by atoms with Crippen LogP contribution >= 0.6 is 0 Å². The molecule has 0 aromatic carbocycles. The number of hydrogen-bond donors (Lipinski definition) is 2. The van der Waals surface area contributed by atoms with Gasteiger partial charge in [-0.05, 0) is 66.7 Å². The lowest BCUT2D eigenvalue weighted by atomic mass is 9.79. The Balaban J connectivity index is 2.00. The molecule has 0 aromatic rings. The Morgan fingerprint density at radius 3 is 2.21 bits per heavy atom. The molecular weight excluding hydrogens is 350 g/mol. The Hall–Kier alpha value is -1.10. The minimum Gasteiger partial charge on any atom is -0.353 e. The smallest absolute Gasteiger partial charge is 0.224 e. The number of hydrogen-bond acceptors (Lipinski definition) is 3. The van der Waals surface area contributed by atoms with E-state index in [9.17, 15) is 9.59 Å². The summed E-state index contributed by atoms with van der Waals surface area (Å²) in [5, 5.41) is 6.82. The first-order valence-electron chi connectivity index (χ1n) is 11.4. The third-order valence-electron chi connectivity index (χ3n) is 6.28. The average molecular weight is 394 g/mol. The molecule has 2 rings (SSSR count). The van der Waals surface area contributed by atoms with Gasteiger partial charge in [-0.15, -0.1) is 0 Å². The summed E-state index contributed by atoms with van der Waals surface area (Å²) < 4.78 is 0. The fraction of sp³-hybridized carbons (Fsp3) is 0.913. The summed E-state index contributed by atoms with van der Waals surface area (Å²) in [7, 11) is 0. The molecule has 2 fully saturated rings. The summed E-state index contributed by atoms with van der Waals surface area (Å²) in [6.07, 6.45) is 8.73. The first kappa shape index (κ1) is 23.2. The van der Waals surface area contributed by atoms with Crippen molar-refractivity contribution in [3.05, 3.63) is 0 Å². The summed E-state index contributed by atoms with van der Waals surface area (Å²) >= 11 is 0.